The molecule has 0 aromatic heterocycles. The zero-order valence-electron chi connectivity index (χ0n) is 7.53. The van der Waals surface area contributed by atoms with Gasteiger partial charge in [-0.1, -0.05) is 0 Å². The number of rotatable bonds is 0. The predicted octanol–water partition coefficient (Wildman–Crippen LogP) is -6.62. The van der Waals surface area contributed by atoms with E-state index < -0.39 is 0 Å². The van der Waals surface area contributed by atoms with Gasteiger partial charge in [-0.05, 0) is 0 Å². The Morgan fingerprint density at radius 2 is 0.545 bits per heavy atom. The van der Waals surface area contributed by atoms with E-state index in [9.17, 15) is 0 Å². The smallest absolute Gasteiger partial charge is 1.00 e. The molecule has 0 amide bonds. The quantitative estimate of drug-likeness (QED) is 0.396. The SMILES string of the molecule is O.O.O.O.O.O.O.O.OCl.[Ca+2].[H-].[H-]. The maximum atomic E-state index is 6.47. The molecule has 11 heteroatoms. The predicted molar refractivity (Wildman–Crippen MR) is 45.0 cm³/mol. The molecule has 0 spiro atoms. The molecule has 9 nitrogen and oxygen atoms in total. The summed E-state index contributed by atoms with van der Waals surface area (Å²) in [6, 6.07) is 0. The van der Waals surface area contributed by atoms with E-state index in [1.165, 1.54) is 0 Å². The van der Waals surface area contributed by atoms with E-state index in [0.29, 0.717) is 0 Å². The summed E-state index contributed by atoms with van der Waals surface area (Å²) in [7, 11) is 0. The van der Waals surface area contributed by atoms with Gasteiger partial charge >= 0.3 is 37.7 Å². The van der Waals surface area contributed by atoms with Crippen molar-refractivity contribution >= 4 is 49.6 Å². The second-order valence-corrected chi connectivity index (χ2v) is 0. The van der Waals surface area contributed by atoms with Crippen molar-refractivity contribution in [3.63, 3.8) is 0 Å². The van der Waals surface area contributed by atoms with Gasteiger partial charge in [0.1, 0.15) is 0 Å². The van der Waals surface area contributed by atoms with Crippen LogP contribution in [-0.4, -0.2) is 86.2 Å². The van der Waals surface area contributed by atoms with Crippen molar-refractivity contribution in [2.75, 3.05) is 0 Å². The molecular weight excluding hydrogens is 220 g/mol. The summed E-state index contributed by atoms with van der Waals surface area (Å²) in [5.41, 5.74) is 0. The van der Waals surface area contributed by atoms with Gasteiger partial charge in [0.05, 0.1) is 11.9 Å². The van der Waals surface area contributed by atoms with Crippen LogP contribution >= 0.6 is 11.9 Å². The van der Waals surface area contributed by atoms with Gasteiger partial charge in [-0.2, -0.15) is 0 Å². The topological polar surface area (TPSA) is 272 Å². The Balaban J connectivity index is -0.0000000000909. The Labute approximate surface area is 101 Å². The molecule has 11 heavy (non-hydrogen) atoms. The second-order valence-electron chi connectivity index (χ2n) is 0. The van der Waals surface area contributed by atoms with E-state index >= 15 is 0 Å². The van der Waals surface area contributed by atoms with Crippen LogP contribution in [0.1, 0.15) is 2.85 Å². The number of hydrogen-bond donors (Lipinski definition) is 1. The fourth-order valence-corrected chi connectivity index (χ4v) is 0. The van der Waals surface area contributed by atoms with Gasteiger partial charge in [0, 0.05) is 0 Å². The van der Waals surface area contributed by atoms with Crippen LogP contribution in [-0.2, 0) is 0 Å². The van der Waals surface area contributed by atoms with E-state index in [2.05, 4.69) is 11.9 Å². The minimum Gasteiger partial charge on any atom is -1.00 e. The fourth-order valence-electron chi connectivity index (χ4n) is 0. The first-order chi connectivity index (χ1) is 1.00. The molecule has 0 aliphatic heterocycles. The van der Waals surface area contributed by atoms with Crippen LogP contribution in [0.3, 0.4) is 0 Å². The maximum absolute atomic E-state index is 6.47. The van der Waals surface area contributed by atoms with Gasteiger partial charge in [-0.3, -0.25) is 4.66 Å². The molecule has 0 rings (SSSR count). The van der Waals surface area contributed by atoms with Crippen LogP contribution in [0.4, 0.5) is 0 Å². The zero-order chi connectivity index (χ0) is 2.00. The van der Waals surface area contributed by atoms with Crippen LogP contribution in [0.15, 0.2) is 0 Å². The van der Waals surface area contributed by atoms with E-state index in [1.54, 1.807) is 0 Å². The summed E-state index contributed by atoms with van der Waals surface area (Å²) in [5.74, 6) is 0. The van der Waals surface area contributed by atoms with E-state index in [1.807, 2.05) is 0 Å². The van der Waals surface area contributed by atoms with Crippen molar-refractivity contribution in [3.05, 3.63) is 0 Å². The average Bonchev–Trinajstić information content (AvgIpc) is 1.00. The molecule has 0 aromatic carbocycles. The van der Waals surface area contributed by atoms with Gasteiger partial charge < -0.3 is 46.7 Å². The monoisotopic (exact) mass is 238 g/mol. The van der Waals surface area contributed by atoms with Crippen LogP contribution in [0.25, 0.3) is 0 Å². The molecule has 0 unspecified atom stereocenters. The molecule has 0 aliphatic rings. The van der Waals surface area contributed by atoms with Crippen LogP contribution in [0.2, 0.25) is 0 Å². The van der Waals surface area contributed by atoms with Crippen molar-refractivity contribution in [3.8, 4) is 0 Å². The summed E-state index contributed by atoms with van der Waals surface area (Å²) in [6.07, 6.45) is 0. The Morgan fingerprint density at radius 1 is 0.545 bits per heavy atom. The third-order valence-corrected chi connectivity index (χ3v) is 0. The Hall–Kier alpha value is 1.19. The van der Waals surface area contributed by atoms with E-state index in [-0.39, 0.29) is 84.4 Å². The van der Waals surface area contributed by atoms with Crippen molar-refractivity contribution in [2.24, 2.45) is 0 Å². The van der Waals surface area contributed by atoms with Crippen LogP contribution < -0.4 is 0 Å². The maximum Gasteiger partial charge on any atom is 2.00 e. The molecule has 0 aromatic rings. The molecule has 0 aliphatic carbocycles. The van der Waals surface area contributed by atoms with Crippen LogP contribution in [0, 0.1) is 0 Å². The summed E-state index contributed by atoms with van der Waals surface area (Å²) >= 11 is 3.64. The molecule has 0 radical (unpaired) electrons. The Kier molecular flexibility index (Phi) is 23800. The molecule has 0 atom stereocenters. The summed E-state index contributed by atoms with van der Waals surface area (Å²) < 4.78 is 6.47. The van der Waals surface area contributed by atoms with Gasteiger partial charge in [0.15, 0.2) is 0 Å². The number of hydrogen-bond acceptors (Lipinski definition) is 1. The van der Waals surface area contributed by atoms with E-state index in [4.69, 9.17) is 4.66 Å². The van der Waals surface area contributed by atoms with Gasteiger partial charge in [-0.15, -0.1) is 0 Å². The molecule has 0 fully saturated rings. The summed E-state index contributed by atoms with van der Waals surface area (Å²) in [5, 5.41) is 0. The molecule has 17 N–H and O–H groups in total. The first-order valence-electron chi connectivity index (χ1n) is 0.169. The van der Waals surface area contributed by atoms with E-state index in [0.717, 1.165) is 0 Å². The first-order valence-corrected chi connectivity index (χ1v) is 0.507. The van der Waals surface area contributed by atoms with Crippen molar-refractivity contribution in [1.29, 1.82) is 0 Å². The molecule has 0 saturated carbocycles. The number of halogens is 1. The molecular formula is H19CaClO9. The average molecular weight is 239 g/mol. The van der Waals surface area contributed by atoms with Crippen molar-refractivity contribution in [1.82, 2.24) is 0 Å². The van der Waals surface area contributed by atoms with Crippen molar-refractivity contribution < 1.29 is 51.3 Å². The summed E-state index contributed by atoms with van der Waals surface area (Å²) in [6.45, 7) is 0. The van der Waals surface area contributed by atoms with Gasteiger partial charge in [-0.25, -0.2) is 0 Å². The van der Waals surface area contributed by atoms with Crippen LogP contribution in [0.5, 0.6) is 0 Å². The third-order valence-electron chi connectivity index (χ3n) is 0. The fraction of sp³-hybridized carbons (Fsp3) is 0. The first kappa shape index (κ1) is 318. The second kappa shape index (κ2) is 821. The third kappa shape index (κ3) is 668. The standard InChI is InChI=1S/Ca.ClHO.8H2O.2H/c;1-2;;;;;;;;;;/h;2H;8*1H2;;/q+2;;;;;;;;;;2*-1. The Bertz CT molecular complexity index is 17.6. The molecule has 0 saturated heterocycles. The molecule has 0 heterocycles. The minimum absolute atomic E-state index is 0. The van der Waals surface area contributed by atoms with Crippen molar-refractivity contribution in [2.45, 2.75) is 0 Å². The molecule has 82 valence electrons. The largest absolute Gasteiger partial charge is 2.00 e. The molecule has 0 bridgehead atoms. The Morgan fingerprint density at radius 3 is 0.545 bits per heavy atom. The minimum atomic E-state index is 0. The summed E-state index contributed by atoms with van der Waals surface area (Å²) in [4.78, 5) is 0. The normalized spacial score (nSPS) is 0.545. The van der Waals surface area contributed by atoms with Gasteiger partial charge in [0.25, 0.3) is 0 Å². The zero-order valence-corrected chi connectivity index (χ0v) is 8.50. The van der Waals surface area contributed by atoms with Gasteiger partial charge in [0.2, 0.25) is 0 Å².